The molecule has 104 valence electrons. The van der Waals surface area contributed by atoms with Crippen LogP contribution >= 0.6 is 0 Å². The largest absolute Gasteiger partial charge is 0.323 e. The summed E-state index contributed by atoms with van der Waals surface area (Å²) in [7, 11) is 0. The van der Waals surface area contributed by atoms with Gasteiger partial charge in [-0.05, 0) is 31.2 Å². The quantitative estimate of drug-likeness (QED) is 0.597. The van der Waals surface area contributed by atoms with E-state index in [0.717, 1.165) is 17.7 Å². The molecule has 0 spiro atoms. The van der Waals surface area contributed by atoms with Gasteiger partial charge in [0, 0.05) is 11.8 Å². The maximum atomic E-state index is 13.1. The Hall–Kier alpha value is -2.47. The Balaban J connectivity index is 2.27. The van der Waals surface area contributed by atoms with Gasteiger partial charge in [-0.1, -0.05) is 11.6 Å². The van der Waals surface area contributed by atoms with Gasteiger partial charge >= 0.3 is 0 Å². The third kappa shape index (κ3) is 2.92. The molecule has 0 aromatic heterocycles. The van der Waals surface area contributed by atoms with Crippen molar-refractivity contribution < 1.29 is 13.6 Å². The number of nitrogen functional groups attached to an aromatic ring is 1. The highest BCUT2D eigenvalue weighted by Gasteiger charge is 2.12. The monoisotopic (exact) mass is 277 g/mol. The van der Waals surface area contributed by atoms with Gasteiger partial charge in [0.2, 0.25) is 0 Å². The summed E-state index contributed by atoms with van der Waals surface area (Å²) in [4.78, 5) is 12.1. The van der Waals surface area contributed by atoms with Crippen molar-refractivity contribution in [2.45, 2.75) is 6.92 Å². The van der Waals surface area contributed by atoms with Crippen molar-refractivity contribution in [1.29, 1.82) is 0 Å². The van der Waals surface area contributed by atoms with Crippen LogP contribution in [0.1, 0.15) is 15.9 Å². The molecule has 2 rings (SSSR count). The van der Waals surface area contributed by atoms with Crippen LogP contribution in [0.4, 0.5) is 20.2 Å². The van der Waals surface area contributed by atoms with E-state index in [4.69, 9.17) is 5.84 Å². The fourth-order valence-corrected chi connectivity index (χ4v) is 1.74. The third-order valence-corrected chi connectivity index (χ3v) is 2.75. The summed E-state index contributed by atoms with van der Waals surface area (Å²) in [5.41, 5.74) is 4.21. The molecule has 4 N–H and O–H groups in total. The van der Waals surface area contributed by atoms with Crippen molar-refractivity contribution in [3.05, 3.63) is 59.2 Å². The van der Waals surface area contributed by atoms with Gasteiger partial charge in [0.1, 0.15) is 0 Å². The first-order valence-electron chi connectivity index (χ1n) is 5.85. The summed E-state index contributed by atoms with van der Waals surface area (Å²) in [5, 5.41) is 2.49. The minimum Gasteiger partial charge on any atom is -0.323 e. The Morgan fingerprint density at radius 2 is 1.85 bits per heavy atom. The number of anilines is 2. The molecule has 1 amide bonds. The molecule has 0 bridgehead atoms. The molecule has 0 aliphatic heterocycles. The van der Waals surface area contributed by atoms with E-state index >= 15 is 0 Å². The van der Waals surface area contributed by atoms with Crippen LogP contribution < -0.4 is 16.6 Å². The van der Waals surface area contributed by atoms with Crippen LogP contribution in [0.5, 0.6) is 0 Å². The summed E-state index contributed by atoms with van der Waals surface area (Å²) < 4.78 is 25.9. The molecular formula is C14H13F2N3O. The van der Waals surface area contributed by atoms with Gasteiger partial charge in [-0.15, -0.1) is 0 Å². The molecule has 0 fully saturated rings. The Kier molecular flexibility index (Phi) is 3.95. The van der Waals surface area contributed by atoms with Crippen LogP contribution in [0, 0.1) is 18.6 Å². The second kappa shape index (κ2) is 5.66. The van der Waals surface area contributed by atoms with E-state index in [0.29, 0.717) is 11.3 Å². The number of aryl methyl sites for hydroxylation is 1. The summed E-state index contributed by atoms with van der Waals surface area (Å²) >= 11 is 0. The van der Waals surface area contributed by atoms with Crippen LogP contribution in [-0.4, -0.2) is 5.91 Å². The van der Waals surface area contributed by atoms with E-state index in [9.17, 15) is 13.6 Å². The van der Waals surface area contributed by atoms with Gasteiger partial charge in [0.05, 0.1) is 11.3 Å². The van der Waals surface area contributed by atoms with Gasteiger partial charge < -0.3 is 10.7 Å². The van der Waals surface area contributed by atoms with E-state index < -0.39 is 17.5 Å². The van der Waals surface area contributed by atoms with Crippen molar-refractivity contribution in [1.82, 2.24) is 0 Å². The number of hydrazine groups is 1. The molecule has 2 aromatic rings. The molecule has 4 nitrogen and oxygen atoms in total. The van der Waals surface area contributed by atoms with Gasteiger partial charge in [0.25, 0.3) is 5.91 Å². The van der Waals surface area contributed by atoms with Crippen molar-refractivity contribution in [2.75, 3.05) is 10.7 Å². The van der Waals surface area contributed by atoms with Crippen LogP contribution in [-0.2, 0) is 0 Å². The smallest absolute Gasteiger partial charge is 0.257 e. The number of amides is 1. The predicted molar refractivity (Wildman–Crippen MR) is 73.3 cm³/mol. The minimum atomic E-state index is -1.02. The highest BCUT2D eigenvalue weighted by Crippen LogP contribution is 2.19. The summed E-state index contributed by atoms with van der Waals surface area (Å²) in [5.74, 6) is 2.88. The minimum absolute atomic E-state index is 0.165. The first kappa shape index (κ1) is 14.0. The zero-order valence-electron chi connectivity index (χ0n) is 10.7. The zero-order valence-corrected chi connectivity index (χ0v) is 10.7. The Labute approximate surface area is 114 Å². The lowest BCUT2D eigenvalue weighted by Crippen LogP contribution is -2.17. The lowest BCUT2D eigenvalue weighted by molar-refractivity contribution is 0.102. The van der Waals surface area contributed by atoms with Crippen molar-refractivity contribution in [3.8, 4) is 0 Å². The molecule has 0 aliphatic rings. The first-order valence-corrected chi connectivity index (χ1v) is 5.85. The SMILES string of the molecule is Cc1ccc(NN)c(C(=O)Nc2ccc(F)c(F)c2)c1. The Bertz CT molecular complexity index is 659. The average Bonchev–Trinajstić information content (AvgIpc) is 2.43. The molecular weight excluding hydrogens is 264 g/mol. The van der Waals surface area contributed by atoms with Gasteiger partial charge in [0.15, 0.2) is 11.6 Å². The van der Waals surface area contributed by atoms with Crippen molar-refractivity contribution >= 4 is 17.3 Å². The number of nitrogens with two attached hydrogens (primary N) is 1. The molecule has 0 saturated heterocycles. The summed E-state index contributed by atoms with van der Waals surface area (Å²) in [6, 6.07) is 8.24. The number of carbonyl (C=O) groups excluding carboxylic acids is 1. The molecule has 0 unspecified atom stereocenters. The van der Waals surface area contributed by atoms with Gasteiger partial charge in [-0.2, -0.15) is 0 Å². The first-order chi connectivity index (χ1) is 9.51. The lowest BCUT2D eigenvalue weighted by atomic mass is 10.1. The van der Waals surface area contributed by atoms with E-state index in [1.807, 2.05) is 6.92 Å². The third-order valence-electron chi connectivity index (χ3n) is 2.75. The molecule has 0 heterocycles. The van der Waals surface area contributed by atoms with E-state index in [1.54, 1.807) is 18.2 Å². The van der Waals surface area contributed by atoms with Crippen LogP contribution in [0.15, 0.2) is 36.4 Å². The van der Waals surface area contributed by atoms with Crippen molar-refractivity contribution in [2.24, 2.45) is 5.84 Å². The number of hydrogen-bond donors (Lipinski definition) is 3. The number of nitrogens with one attached hydrogen (secondary N) is 2. The Morgan fingerprint density at radius 3 is 2.50 bits per heavy atom. The molecule has 6 heteroatoms. The van der Waals surface area contributed by atoms with Gasteiger partial charge in [-0.3, -0.25) is 10.6 Å². The molecule has 0 atom stereocenters. The van der Waals surface area contributed by atoms with Crippen LogP contribution in [0.2, 0.25) is 0 Å². The highest BCUT2D eigenvalue weighted by molar-refractivity contribution is 6.08. The summed E-state index contributed by atoms with van der Waals surface area (Å²) in [6.07, 6.45) is 0. The molecule has 0 saturated carbocycles. The van der Waals surface area contributed by atoms with Gasteiger partial charge in [-0.25, -0.2) is 8.78 Å². The number of rotatable bonds is 3. The van der Waals surface area contributed by atoms with E-state index in [2.05, 4.69) is 10.7 Å². The topological polar surface area (TPSA) is 67.1 Å². The normalized spacial score (nSPS) is 10.2. The Morgan fingerprint density at radius 1 is 1.10 bits per heavy atom. The fraction of sp³-hybridized carbons (Fsp3) is 0.0714. The van der Waals surface area contributed by atoms with Crippen LogP contribution in [0.3, 0.4) is 0 Å². The maximum Gasteiger partial charge on any atom is 0.257 e. The number of hydrogen-bond acceptors (Lipinski definition) is 3. The second-order valence-electron chi connectivity index (χ2n) is 4.28. The van der Waals surface area contributed by atoms with Crippen LogP contribution in [0.25, 0.3) is 0 Å². The number of halogens is 2. The predicted octanol–water partition coefficient (Wildman–Crippen LogP) is 2.81. The molecule has 20 heavy (non-hydrogen) atoms. The molecule has 0 radical (unpaired) electrons. The average molecular weight is 277 g/mol. The standard InChI is InChI=1S/C14H13F2N3O/c1-8-2-5-13(19-17)10(6-8)14(20)18-9-3-4-11(15)12(16)7-9/h2-7,19H,17H2,1H3,(H,18,20). The zero-order chi connectivity index (χ0) is 14.7. The van der Waals surface area contributed by atoms with E-state index in [-0.39, 0.29) is 5.69 Å². The molecule has 2 aromatic carbocycles. The van der Waals surface area contributed by atoms with E-state index in [1.165, 1.54) is 6.07 Å². The lowest BCUT2D eigenvalue weighted by Gasteiger charge is -2.10. The second-order valence-corrected chi connectivity index (χ2v) is 4.28. The maximum absolute atomic E-state index is 13.1. The van der Waals surface area contributed by atoms with Crippen molar-refractivity contribution in [3.63, 3.8) is 0 Å². The highest BCUT2D eigenvalue weighted by atomic mass is 19.2. The summed E-state index contributed by atoms with van der Waals surface area (Å²) in [6.45, 7) is 1.83. The fourth-order valence-electron chi connectivity index (χ4n) is 1.74. The molecule has 0 aliphatic carbocycles. The number of benzene rings is 2. The number of carbonyl (C=O) groups is 1.